The van der Waals surface area contributed by atoms with E-state index in [2.05, 4.69) is 10.3 Å². The van der Waals surface area contributed by atoms with E-state index in [-0.39, 0.29) is 37.0 Å². The third kappa shape index (κ3) is 2.34. The van der Waals surface area contributed by atoms with Crippen LogP contribution in [0.5, 0.6) is 0 Å². The maximum absolute atomic E-state index is 13.7. The Balaban J connectivity index is 1.62. The van der Waals surface area contributed by atoms with Gasteiger partial charge in [-0.15, -0.1) is 0 Å². The summed E-state index contributed by atoms with van der Waals surface area (Å²) in [6.45, 7) is 0. The summed E-state index contributed by atoms with van der Waals surface area (Å²) < 4.78 is 41.1. The highest BCUT2D eigenvalue weighted by atomic mass is 19.4. The van der Waals surface area contributed by atoms with E-state index >= 15 is 0 Å². The molecule has 0 aromatic carbocycles. The van der Waals surface area contributed by atoms with E-state index in [0.29, 0.717) is 18.4 Å². The first kappa shape index (κ1) is 15.0. The minimum absolute atomic E-state index is 0.0303. The second kappa shape index (κ2) is 4.71. The van der Waals surface area contributed by atoms with Crippen molar-refractivity contribution in [3.8, 4) is 0 Å². The predicted octanol–water partition coefficient (Wildman–Crippen LogP) is 3.71. The molecule has 1 N–H and O–H groups in total. The Kier molecular flexibility index (Phi) is 3.06. The summed E-state index contributed by atoms with van der Waals surface area (Å²) in [5.74, 6) is -0.156. The van der Waals surface area contributed by atoms with Crippen molar-refractivity contribution < 1.29 is 18.0 Å². The van der Waals surface area contributed by atoms with Crippen LogP contribution >= 0.6 is 0 Å². The maximum atomic E-state index is 13.7. The predicted molar refractivity (Wildman–Crippen MR) is 77.6 cm³/mol. The molecule has 6 heteroatoms. The smallest absolute Gasteiger partial charge is 0.347 e. The number of nitrogens with one attached hydrogen (secondary N) is 1. The van der Waals surface area contributed by atoms with E-state index < -0.39 is 17.1 Å². The van der Waals surface area contributed by atoms with E-state index in [1.807, 2.05) is 0 Å². The van der Waals surface area contributed by atoms with Gasteiger partial charge in [-0.2, -0.15) is 13.2 Å². The Morgan fingerprint density at radius 2 is 1.91 bits per heavy atom. The maximum Gasteiger partial charge on any atom is 0.394 e. The fourth-order valence-corrected chi connectivity index (χ4v) is 5.55. The minimum atomic E-state index is -4.19. The fourth-order valence-electron chi connectivity index (χ4n) is 5.55. The number of hydrogen-bond donors (Lipinski definition) is 1. The first-order valence-corrected chi connectivity index (χ1v) is 8.10. The van der Waals surface area contributed by atoms with Gasteiger partial charge in [-0.25, -0.2) is 0 Å². The Bertz CT molecular complexity index is 614. The third-order valence-corrected chi connectivity index (χ3v) is 5.96. The topological polar surface area (TPSA) is 42.0 Å². The van der Waals surface area contributed by atoms with E-state index in [9.17, 15) is 18.0 Å². The zero-order valence-corrected chi connectivity index (χ0v) is 12.7. The number of alkyl halides is 3. The molecule has 1 aromatic rings. The van der Waals surface area contributed by atoms with Crippen LogP contribution in [-0.2, 0) is 0 Å². The first-order chi connectivity index (χ1) is 10.8. The summed E-state index contributed by atoms with van der Waals surface area (Å²) in [5, 5.41) is 2.96. The van der Waals surface area contributed by atoms with Crippen LogP contribution in [0, 0.1) is 17.3 Å². The molecule has 0 radical (unpaired) electrons. The molecule has 3 nitrogen and oxygen atoms in total. The van der Waals surface area contributed by atoms with E-state index in [1.165, 1.54) is 6.20 Å². The molecule has 2 atom stereocenters. The van der Waals surface area contributed by atoms with Gasteiger partial charge in [0.05, 0.1) is 11.0 Å². The van der Waals surface area contributed by atoms with Crippen LogP contribution in [0.2, 0.25) is 0 Å². The van der Waals surface area contributed by atoms with Gasteiger partial charge in [0.15, 0.2) is 0 Å². The average molecular weight is 324 g/mol. The first-order valence-electron chi connectivity index (χ1n) is 8.10. The standard InChI is InChI=1S/C17H19F3N2O/c18-17(19,20)15-5-11-4-12(6-15)8-16(7-11,10-15)22-14(23)13-2-1-3-21-9-13/h1-3,9,11-12H,4-8,10H2,(H,22,23). The molecule has 0 spiro atoms. The van der Waals surface area contributed by atoms with Crippen molar-refractivity contribution in [2.24, 2.45) is 17.3 Å². The highest BCUT2D eigenvalue weighted by Crippen LogP contribution is 2.66. The second-order valence-corrected chi connectivity index (χ2v) is 7.72. The summed E-state index contributed by atoms with van der Waals surface area (Å²) >= 11 is 0. The quantitative estimate of drug-likeness (QED) is 0.901. The van der Waals surface area contributed by atoms with E-state index in [1.54, 1.807) is 18.3 Å². The molecule has 1 heterocycles. The molecule has 4 bridgehead atoms. The van der Waals surface area contributed by atoms with Gasteiger partial charge in [0.1, 0.15) is 0 Å². The lowest BCUT2D eigenvalue weighted by Gasteiger charge is -2.62. The fraction of sp³-hybridized carbons (Fsp3) is 0.647. The summed E-state index contributed by atoms with van der Waals surface area (Å²) in [7, 11) is 0. The number of pyridine rings is 1. The minimum Gasteiger partial charge on any atom is -0.347 e. The largest absolute Gasteiger partial charge is 0.394 e. The van der Waals surface area contributed by atoms with Crippen molar-refractivity contribution in [1.29, 1.82) is 0 Å². The Labute approximate surface area is 132 Å². The van der Waals surface area contributed by atoms with Crippen LogP contribution in [0.15, 0.2) is 24.5 Å². The van der Waals surface area contributed by atoms with Crippen LogP contribution < -0.4 is 5.32 Å². The summed E-state index contributed by atoms with van der Waals surface area (Å²) in [6, 6.07) is 3.30. The van der Waals surface area contributed by atoms with Crippen LogP contribution in [-0.4, -0.2) is 22.6 Å². The number of rotatable bonds is 2. The zero-order chi connectivity index (χ0) is 16.3. The molecular formula is C17H19F3N2O. The number of aromatic nitrogens is 1. The third-order valence-electron chi connectivity index (χ3n) is 5.96. The lowest BCUT2D eigenvalue weighted by molar-refractivity contribution is -0.277. The lowest BCUT2D eigenvalue weighted by atomic mass is 9.46. The number of amides is 1. The van der Waals surface area contributed by atoms with Crippen molar-refractivity contribution in [1.82, 2.24) is 10.3 Å². The number of carbonyl (C=O) groups is 1. The van der Waals surface area contributed by atoms with Gasteiger partial charge in [0.25, 0.3) is 5.91 Å². The molecule has 0 aliphatic heterocycles. The Morgan fingerprint density at radius 1 is 1.22 bits per heavy atom. The molecule has 23 heavy (non-hydrogen) atoms. The van der Waals surface area contributed by atoms with Gasteiger partial charge in [0, 0.05) is 17.9 Å². The number of hydrogen-bond acceptors (Lipinski definition) is 2. The van der Waals surface area contributed by atoms with Gasteiger partial charge in [0.2, 0.25) is 0 Å². The summed E-state index contributed by atoms with van der Waals surface area (Å²) in [4.78, 5) is 16.4. The van der Waals surface area contributed by atoms with Gasteiger partial charge >= 0.3 is 6.18 Å². The Hall–Kier alpha value is -1.59. The van der Waals surface area contributed by atoms with Crippen LogP contribution in [0.4, 0.5) is 13.2 Å². The molecule has 2 unspecified atom stereocenters. The number of halogens is 3. The van der Waals surface area contributed by atoms with Gasteiger partial charge in [-0.1, -0.05) is 0 Å². The van der Waals surface area contributed by atoms with Crippen molar-refractivity contribution in [2.75, 3.05) is 0 Å². The molecule has 124 valence electrons. The molecule has 4 aliphatic carbocycles. The van der Waals surface area contributed by atoms with Crippen molar-refractivity contribution >= 4 is 5.91 Å². The van der Waals surface area contributed by atoms with E-state index in [4.69, 9.17) is 0 Å². The zero-order valence-electron chi connectivity index (χ0n) is 12.7. The molecule has 1 amide bonds. The highest BCUT2D eigenvalue weighted by Gasteiger charge is 2.67. The van der Waals surface area contributed by atoms with Crippen LogP contribution in [0.3, 0.4) is 0 Å². The molecule has 5 rings (SSSR count). The molecular weight excluding hydrogens is 305 g/mol. The number of carbonyl (C=O) groups excluding carboxylic acids is 1. The molecule has 4 aliphatic rings. The van der Waals surface area contributed by atoms with Crippen LogP contribution in [0.25, 0.3) is 0 Å². The van der Waals surface area contributed by atoms with E-state index in [0.717, 1.165) is 6.42 Å². The normalized spacial score (nSPS) is 38.6. The second-order valence-electron chi connectivity index (χ2n) is 7.72. The molecule has 1 aromatic heterocycles. The van der Waals surface area contributed by atoms with Gasteiger partial charge in [-0.3, -0.25) is 9.78 Å². The monoisotopic (exact) mass is 324 g/mol. The van der Waals surface area contributed by atoms with Crippen molar-refractivity contribution in [3.63, 3.8) is 0 Å². The van der Waals surface area contributed by atoms with Crippen LogP contribution in [0.1, 0.15) is 48.9 Å². The van der Waals surface area contributed by atoms with Gasteiger partial charge in [-0.05, 0) is 62.5 Å². The highest BCUT2D eigenvalue weighted by molar-refractivity contribution is 5.94. The van der Waals surface area contributed by atoms with Crippen molar-refractivity contribution in [3.05, 3.63) is 30.1 Å². The lowest BCUT2D eigenvalue weighted by Crippen LogP contribution is -2.66. The van der Waals surface area contributed by atoms with Gasteiger partial charge < -0.3 is 5.32 Å². The molecule has 4 fully saturated rings. The SMILES string of the molecule is O=C(NC12CC3CC(C1)CC(C(F)(F)F)(C3)C2)c1cccnc1. The summed E-state index contributed by atoms with van der Waals surface area (Å²) in [5.41, 5.74) is -1.89. The van der Waals surface area contributed by atoms with Crippen molar-refractivity contribution in [2.45, 2.75) is 50.2 Å². The summed E-state index contributed by atoms with van der Waals surface area (Å²) in [6.07, 6.45) is 1.56. The Morgan fingerprint density at radius 3 is 2.48 bits per heavy atom. The molecule has 0 saturated heterocycles. The number of nitrogens with zero attached hydrogens (tertiary/aromatic N) is 1. The molecule has 4 saturated carbocycles. The average Bonchev–Trinajstić information content (AvgIpc) is 2.45.